The van der Waals surface area contributed by atoms with Crippen LogP contribution >= 0.6 is 0 Å². The van der Waals surface area contributed by atoms with Crippen molar-refractivity contribution in [3.63, 3.8) is 0 Å². The van der Waals surface area contributed by atoms with Gasteiger partial charge in [0, 0.05) is 0 Å². The summed E-state index contributed by atoms with van der Waals surface area (Å²) in [5.74, 6) is -1.10. The van der Waals surface area contributed by atoms with Crippen molar-refractivity contribution in [1.82, 2.24) is 0 Å². The Hall–Kier alpha value is -3.20. The van der Waals surface area contributed by atoms with Gasteiger partial charge in [-0.05, 0) is 23.3 Å². The third kappa shape index (κ3) is 3.35. The Kier molecular flexibility index (Phi) is 4.29. The lowest BCUT2D eigenvalue weighted by Gasteiger charge is -1.98. The zero-order chi connectivity index (χ0) is 16.1. The Labute approximate surface area is 134 Å². The molecule has 0 spiro atoms. The van der Waals surface area contributed by atoms with Crippen molar-refractivity contribution >= 4 is 11.9 Å². The topological polar surface area (TPSA) is 43.4 Å². The second-order valence-electron chi connectivity index (χ2n) is 4.95. The monoisotopic (exact) mass is 302 g/mol. The van der Waals surface area contributed by atoms with Crippen LogP contribution in [0.15, 0.2) is 84.9 Å². The molecule has 0 radical (unpaired) electrons. The number of rotatable bonds is 1. The molecule has 112 valence electrons. The van der Waals surface area contributed by atoms with Gasteiger partial charge < -0.3 is 4.74 Å². The van der Waals surface area contributed by atoms with E-state index in [0.717, 1.165) is 0 Å². The van der Waals surface area contributed by atoms with Gasteiger partial charge in [0.15, 0.2) is 0 Å². The van der Waals surface area contributed by atoms with E-state index in [4.69, 9.17) is 0 Å². The molecule has 1 aliphatic heterocycles. The molecule has 0 N–H and O–H groups in total. The van der Waals surface area contributed by atoms with Gasteiger partial charge in [0.05, 0.1) is 11.1 Å². The minimum atomic E-state index is -0.550. The van der Waals surface area contributed by atoms with E-state index in [2.05, 4.69) is 53.3 Å². The second-order valence-corrected chi connectivity index (χ2v) is 4.95. The number of esters is 2. The van der Waals surface area contributed by atoms with Crippen LogP contribution in [-0.4, -0.2) is 11.9 Å². The molecule has 4 rings (SSSR count). The molecule has 0 amide bonds. The molecular formula is C20H14O3. The molecule has 0 saturated carbocycles. The predicted molar refractivity (Wildman–Crippen MR) is 88.1 cm³/mol. The molecule has 3 aromatic rings. The molecule has 1 aliphatic rings. The number of carbonyl (C=O) groups excluding carboxylic acids is 2. The first-order valence-electron chi connectivity index (χ1n) is 7.22. The minimum Gasteiger partial charge on any atom is -0.386 e. The van der Waals surface area contributed by atoms with Gasteiger partial charge in [0.1, 0.15) is 0 Å². The van der Waals surface area contributed by atoms with Crippen LogP contribution in [0.5, 0.6) is 0 Å². The summed E-state index contributed by atoms with van der Waals surface area (Å²) < 4.78 is 4.35. The van der Waals surface area contributed by atoms with Crippen molar-refractivity contribution in [3.8, 4) is 11.1 Å². The summed E-state index contributed by atoms with van der Waals surface area (Å²) in [5.41, 5.74) is 3.27. The summed E-state index contributed by atoms with van der Waals surface area (Å²) in [6.45, 7) is 0. The van der Waals surface area contributed by atoms with Gasteiger partial charge in [0.25, 0.3) is 0 Å². The smallest absolute Gasteiger partial charge is 0.346 e. The highest BCUT2D eigenvalue weighted by molar-refractivity contribution is 6.14. The molecule has 0 fully saturated rings. The molecule has 23 heavy (non-hydrogen) atoms. The molecule has 3 nitrogen and oxygen atoms in total. The summed E-state index contributed by atoms with van der Waals surface area (Å²) in [5, 5.41) is 0. The summed E-state index contributed by atoms with van der Waals surface area (Å²) in [6.07, 6.45) is 0. The van der Waals surface area contributed by atoms with E-state index in [9.17, 15) is 9.59 Å². The average molecular weight is 302 g/mol. The van der Waals surface area contributed by atoms with Crippen LogP contribution in [-0.2, 0) is 4.74 Å². The fourth-order valence-corrected chi connectivity index (χ4v) is 2.29. The molecule has 3 heteroatoms. The molecule has 0 bridgehead atoms. The normalized spacial score (nSPS) is 12.0. The van der Waals surface area contributed by atoms with Crippen LogP contribution in [0.3, 0.4) is 0 Å². The fraction of sp³-hybridized carbons (Fsp3) is 0. The number of carbonyl (C=O) groups is 2. The van der Waals surface area contributed by atoms with Crippen LogP contribution in [0.4, 0.5) is 0 Å². The Morgan fingerprint density at radius 2 is 0.826 bits per heavy atom. The number of hydrogen-bond donors (Lipinski definition) is 0. The van der Waals surface area contributed by atoms with Crippen LogP contribution < -0.4 is 0 Å². The van der Waals surface area contributed by atoms with E-state index in [-0.39, 0.29) is 0 Å². The molecule has 0 aromatic heterocycles. The summed E-state index contributed by atoms with van der Waals surface area (Å²) in [7, 11) is 0. The number of ether oxygens (including phenoxy) is 1. The predicted octanol–water partition coefficient (Wildman–Crippen LogP) is 4.35. The van der Waals surface area contributed by atoms with Gasteiger partial charge in [-0.15, -0.1) is 0 Å². The maximum absolute atomic E-state index is 10.8. The third-order valence-electron chi connectivity index (χ3n) is 3.43. The molecule has 1 heterocycles. The first-order valence-corrected chi connectivity index (χ1v) is 7.22. The van der Waals surface area contributed by atoms with Crippen molar-refractivity contribution in [2.45, 2.75) is 0 Å². The van der Waals surface area contributed by atoms with Gasteiger partial charge in [-0.25, -0.2) is 9.59 Å². The van der Waals surface area contributed by atoms with Gasteiger partial charge in [-0.1, -0.05) is 72.8 Å². The first kappa shape index (κ1) is 14.7. The second kappa shape index (κ2) is 6.71. The number of fused-ring (bicyclic) bond motifs is 1. The van der Waals surface area contributed by atoms with E-state index >= 15 is 0 Å². The maximum atomic E-state index is 10.8. The maximum Gasteiger partial charge on any atom is 0.346 e. The van der Waals surface area contributed by atoms with Gasteiger partial charge >= 0.3 is 11.9 Å². The first-order chi connectivity index (χ1) is 11.3. The quantitative estimate of drug-likeness (QED) is 0.496. The lowest BCUT2D eigenvalue weighted by molar-refractivity contribution is 0.0444. The van der Waals surface area contributed by atoms with Crippen molar-refractivity contribution in [2.75, 3.05) is 0 Å². The Balaban J connectivity index is 0.000000136. The molecule has 0 atom stereocenters. The summed E-state index contributed by atoms with van der Waals surface area (Å²) in [4.78, 5) is 21.7. The van der Waals surface area contributed by atoms with E-state index < -0.39 is 11.9 Å². The molecule has 0 unspecified atom stereocenters. The Bertz CT molecular complexity index is 753. The lowest BCUT2D eigenvalue weighted by Crippen LogP contribution is -1.96. The lowest BCUT2D eigenvalue weighted by atomic mass is 10.1. The van der Waals surface area contributed by atoms with Gasteiger partial charge in [-0.3, -0.25) is 0 Å². The van der Waals surface area contributed by atoms with Gasteiger partial charge in [-0.2, -0.15) is 0 Å². The van der Waals surface area contributed by atoms with Crippen molar-refractivity contribution in [2.24, 2.45) is 0 Å². The largest absolute Gasteiger partial charge is 0.386 e. The van der Waals surface area contributed by atoms with Crippen LogP contribution in [0.2, 0.25) is 0 Å². The number of cyclic esters (lactones) is 2. The molecular weight excluding hydrogens is 288 g/mol. The number of hydrogen-bond acceptors (Lipinski definition) is 3. The molecule has 0 aliphatic carbocycles. The van der Waals surface area contributed by atoms with E-state index in [1.807, 2.05) is 12.1 Å². The fourth-order valence-electron chi connectivity index (χ4n) is 2.29. The zero-order valence-electron chi connectivity index (χ0n) is 12.3. The minimum absolute atomic E-state index is 0.359. The zero-order valence-corrected chi connectivity index (χ0v) is 12.3. The molecule has 0 saturated heterocycles. The Morgan fingerprint density at radius 1 is 0.478 bits per heavy atom. The van der Waals surface area contributed by atoms with Crippen molar-refractivity contribution in [1.29, 1.82) is 0 Å². The van der Waals surface area contributed by atoms with E-state index in [1.54, 1.807) is 24.3 Å². The van der Waals surface area contributed by atoms with Crippen LogP contribution in [0, 0.1) is 0 Å². The van der Waals surface area contributed by atoms with E-state index in [0.29, 0.717) is 11.1 Å². The van der Waals surface area contributed by atoms with Crippen molar-refractivity contribution in [3.05, 3.63) is 96.1 Å². The van der Waals surface area contributed by atoms with E-state index in [1.165, 1.54) is 11.1 Å². The average Bonchev–Trinajstić information content (AvgIpc) is 2.92. The highest BCUT2D eigenvalue weighted by atomic mass is 16.6. The summed E-state index contributed by atoms with van der Waals surface area (Å²) >= 11 is 0. The summed E-state index contributed by atoms with van der Waals surface area (Å²) in [6, 6.07) is 27.3. The SMILES string of the molecule is O=C1OC(=O)c2ccccc21.c1ccc(-c2ccccc2)cc1. The number of benzene rings is 3. The van der Waals surface area contributed by atoms with Crippen LogP contribution in [0.25, 0.3) is 11.1 Å². The third-order valence-corrected chi connectivity index (χ3v) is 3.43. The van der Waals surface area contributed by atoms with Crippen LogP contribution in [0.1, 0.15) is 20.7 Å². The highest BCUT2D eigenvalue weighted by Crippen LogP contribution is 2.18. The standard InChI is InChI=1S/C12H10.C8H4O3/c1-3-7-11(8-4-1)12-9-5-2-6-10-12;9-7-5-3-1-2-4-6(5)8(10)11-7/h1-10H;1-4H. The van der Waals surface area contributed by atoms with Crippen molar-refractivity contribution < 1.29 is 14.3 Å². The highest BCUT2D eigenvalue weighted by Gasteiger charge is 2.28. The Morgan fingerprint density at radius 3 is 1.22 bits per heavy atom. The van der Waals surface area contributed by atoms with Gasteiger partial charge in [0.2, 0.25) is 0 Å². The molecule has 3 aromatic carbocycles.